The Labute approximate surface area is 136 Å². The maximum absolute atomic E-state index is 9.19. The van der Waals surface area contributed by atoms with Gasteiger partial charge in [-0.2, -0.15) is 5.10 Å². The molecule has 0 spiro atoms. The van der Waals surface area contributed by atoms with Gasteiger partial charge in [0.2, 0.25) is 0 Å². The molecule has 7 heteroatoms. The van der Waals surface area contributed by atoms with Crippen LogP contribution < -0.4 is 4.74 Å². The van der Waals surface area contributed by atoms with Crippen molar-refractivity contribution >= 4 is 34.1 Å². The lowest BCUT2D eigenvalue weighted by Gasteiger charge is -2.10. The summed E-state index contributed by atoms with van der Waals surface area (Å²) in [5.74, 6) is 0.864. The van der Waals surface area contributed by atoms with Crippen molar-refractivity contribution in [1.29, 1.82) is 0 Å². The van der Waals surface area contributed by atoms with Gasteiger partial charge >= 0.3 is 0 Å². The molecule has 2 atom stereocenters. The molecule has 1 aliphatic carbocycles. The molecule has 5 nitrogen and oxygen atoms in total. The van der Waals surface area contributed by atoms with Crippen LogP contribution in [-0.4, -0.2) is 33.0 Å². The fourth-order valence-corrected chi connectivity index (χ4v) is 3.06. The number of benzene rings is 1. The first kappa shape index (κ1) is 13.9. The summed E-state index contributed by atoms with van der Waals surface area (Å²) in [6.45, 7) is 0.136. The molecule has 3 aromatic rings. The summed E-state index contributed by atoms with van der Waals surface area (Å²) in [7, 11) is 0. The lowest BCUT2D eigenvalue weighted by atomic mass is 10.1. The standard InChI is InChI=1S/C15H13Cl2N3O2/c16-10-2-12(22-11-1-7(11)6-21)13-9(8-3-19-20-4-8)5-18-15(13)14(10)17/h2-5,7,11,18,21H,1,6H2,(H,19,20)/t7-,11-/m0/s1. The van der Waals surface area contributed by atoms with Gasteiger partial charge < -0.3 is 14.8 Å². The Morgan fingerprint density at radius 1 is 1.36 bits per heavy atom. The van der Waals surface area contributed by atoms with E-state index in [4.69, 9.17) is 27.9 Å². The Balaban J connectivity index is 1.87. The van der Waals surface area contributed by atoms with Gasteiger partial charge in [-0.05, 0) is 6.42 Å². The highest BCUT2D eigenvalue weighted by Crippen LogP contribution is 2.44. The van der Waals surface area contributed by atoms with Crippen LogP contribution in [0.15, 0.2) is 24.7 Å². The van der Waals surface area contributed by atoms with Crippen LogP contribution in [0.4, 0.5) is 0 Å². The van der Waals surface area contributed by atoms with E-state index < -0.39 is 0 Å². The lowest BCUT2D eigenvalue weighted by molar-refractivity contribution is 0.226. The number of nitrogens with one attached hydrogen (secondary N) is 2. The first-order valence-corrected chi connectivity index (χ1v) is 7.70. The Bertz CT molecular complexity index is 829. The molecule has 2 aromatic heterocycles. The minimum absolute atomic E-state index is 0.0255. The van der Waals surface area contributed by atoms with E-state index in [1.807, 2.05) is 12.4 Å². The third-order valence-electron chi connectivity index (χ3n) is 3.99. The molecule has 0 unspecified atom stereocenters. The molecule has 0 radical (unpaired) electrons. The third-order valence-corrected chi connectivity index (χ3v) is 4.78. The van der Waals surface area contributed by atoms with E-state index in [1.54, 1.807) is 12.3 Å². The van der Waals surface area contributed by atoms with Gasteiger partial charge in [0.25, 0.3) is 0 Å². The van der Waals surface area contributed by atoms with E-state index in [2.05, 4.69) is 15.2 Å². The molecule has 114 valence electrons. The maximum Gasteiger partial charge on any atom is 0.131 e. The number of aliphatic hydroxyl groups excluding tert-OH is 1. The van der Waals surface area contributed by atoms with Gasteiger partial charge in [0.05, 0.1) is 27.1 Å². The number of halogens is 2. The zero-order chi connectivity index (χ0) is 15.3. The number of hydrogen-bond donors (Lipinski definition) is 3. The van der Waals surface area contributed by atoms with Gasteiger partial charge in [-0.3, -0.25) is 5.10 Å². The molecule has 0 bridgehead atoms. The van der Waals surface area contributed by atoms with Crippen molar-refractivity contribution in [3.63, 3.8) is 0 Å². The molecule has 3 N–H and O–H groups in total. The summed E-state index contributed by atoms with van der Waals surface area (Å²) in [5.41, 5.74) is 2.61. The smallest absolute Gasteiger partial charge is 0.131 e. The minimum Gasteiger partial charge on any atom is -0.489 e. The second-order valence-electron chi connectivity index (χ2n) is 5.44. The van der Waals surface area contributed by atoms with Crippen molar-refractivity contribution in [3.05, 3.63) is 34.7 Å². The van der Waals surface area contributed by atoms with Crippen LogP contribution in [0.5, 0.6) is 5.75 Å². The predicted molar refractivity (Wildman–Crippen MR) is 85.5 cm³/mol. The molecule has 22 heavy (non-hydrogen) atoms. The molecule has 0 saturated heterocycles. The SMILES string of the molecule is OC[C@@H]1C[C@@H]1Oc1cc(Cl)c(Cl)c2[nH]cc(-c3cn[nH]c3)c12. The van der Waals surface area contributed by atoms with Gasteiger partial charge in [0, 0.05) is 42.1 Å². The topological polar surface area (TPSA) is 73.9 Å². The number of aromatic nitrogens is 3. The van der Waals surface area contributed by atoms with Crippen molar-refractivity contribution in [2.24, 2.45) is 5.92 Å². The fourth-order valence-electron chi connectivity index (χ4n) is 2.66. The largest absolute Gasteiger partial charge is 0.489 e. The van der Waals surface area contributed by atoms with E-state index in [1.165, 1.54) is 0 Å². The molecular weight excluding hydrogens is 325 g/mol. The number of H-pyrrole nitrogens is 2. The van der Waals surface area contributed by atoms with Crippen LogP contribution in [-0.2, 0) is 0 Å². The Morgan fingerprint density at radius 3 is 2.91 bits per heavy atom. The summed E-state index contributed by atoms with van der Waals surface area (Å²) in [6.07, 6.45) is 6.29. The number of aliphatic hydroxyl groups is 1. The highest BCUT2D eigenvalue weighted by molar-refractivity contribution is 6.45. The Kier molecular flexibility index (Phi) is 3.29. The predicted octanol–water partition coefficient (Wildman–Crippen LogP) is 3.62. The van der Waals surface area contributed by atoms with Crippen LogP contribution in [0.3, 0.4) is 0 Å². The van der Waals surface area contributed by atoms with Gasteiger partial charge in [-0.15, -0.1) is 0 Å². The van der Waals surface area contributed by atoms with Crippen molar-refractivity contribution in [2.75, 3.05) is 6.61 Å². The number of hydrogen-bond acceptors (Lipinski definition) is 3. The van der Waals surface area contributed by atoms with Crippen LogP contribution in [0, 0.1) is 5.92 Å². The second kappa shape index (κ2) is 5.19. The van der Waals surface area contributed by atoms with Gasteiger partial charge in [0.15, 0.2) is 0 Å². The zero-order valence-electron chi connectivity index (χ0n) is 11.4. The summed E-state index contributed by atoms with van der Waals surface area (Å²) in [4.78, 5) is 3.16. The normalized spacial score (nSPS) is 20.5. The quantitative estimate of drug-likeness (QED) is 0.680. The second-order valence-corrected chi connectivity index (χ2v) is 6.23. The van der Waals surface area contributed by atoms with Crippen molar-refractivity contribution < 1.29 is 9.84 Å². The zero-order valence-corrected chi connectivity index (χ0v) is 12.9. The van der Waals surface area contributed by atoms with Gasteiger partial charge in [0.1, 0.15) is 11.9 Å². The van der Waals surface area contributed by atoms with Crippen molar-refractivity contribution in [1.82, 2.24) is 15.2 Å². The van der Waals surface area contributed by atoms with Crippen molar-refractivity contribution in [2.45, 2.75) is 12.5 Å². The molecule has 4 rings (SSSR count). The Morgan fingerprint density at radius 2 is 2.23 bits per heavy atom. The molecule has 1 saturated carbocycles. The van der Waals surface area contributed by atoms with Gasteiger partial charge in [-0.1, -0.05) is 23.2 Å². The molecule has 0 aliphatic heterocycles. The highest BCUT2D eigenvalue weighted by atomic mass is 35.5. The van der Waals surface area contributed by atoms with E-state index in [0.29, 0.717) is 15.8 Å². The van der Waals surface area contributed by atoms with Crippen LogP contribution in [0.1, 0.15) is 6.42 Å². The summed E-state index contributed by atoms with van der Waals surface area (Å²) < 4.78 is 6.02. The monoisotopic (exact) mass is 337 g/mol. The number of nitrogens with zero attached hydrogens (tertiary/aromatic N) is 1. The first-order chi connectivity index (χ1) is 10.7. The minimum atomic E-state index is 0.0255. The number of ether oxygens (including phenoxy) is 1. The number of fused-ring (bicyclic) bond motifs is 1. The average Bonchev–Trinajstić information content (AvgIpc) is 2.94. The summed E-state index contributed by atoms with van der Waals surface area (Å²) in [6, 6.07) is 1.73. The highest BCUT2D eigenvalue weighted by Gasteiger charge is 2.39. The fraction of sp³-hybridized carbons (Fsp3) is 0.267. The lowest BCUT2D eigenvalue weighted by Crippen LogP contribution is -2.03. The van der Waals surface area contributed by atoms with Crippen LogP contribution in [0.25, 0.3) is 22.0 Å². The number of rotatable bonds is 4. The average molecular weight is 338 g/mol. The maximum atomic E-state index is 9.19. The molecule has 1 aliphatic rings. The molecule has 0 amide bonds. The van der Waals surface area contributed by atoms with Crippen molar-refractivity contribution in [3.8, 4) is 16.9 Å². The Hall–Kier alpha value is -1.69. The molecule has 1 aromatic carbocycles. The van der Waals surface area contributed by atoms with Gasteiger partial charge in [-0.25, -0.2) is 0 Å². The van der Waals surface area contributed by atoms with Crippen LogP contribution in [0.2, 0.25) is 10.0 Å². The molecule has 1 fully saturated rings. The molecular formula is C15H13Cl2N3O2. The summed E-state index contributed by atoms with van der Waals surface area (Å²) >= 11 is 12.5. The van der Waals surface area contributed by atoms with E-state index in [-0.39, 0.29) is 18.6 Å². The van der Waals surface area contributed by atoms with E-state index in [0.717, 1.165) is 28.5 Å². The van der Waals surface area contributed by atoms with Crippen LogP contribution >= 0.6 is 23.2 Å². The molecule has 2 heterocycles. The third kappa shape index (κ3) is 2.17. The first-order valence-electron chi connectivity index (χ1n) is 6.94. The summed E-state index contributed by atoms with van der Waals surface area (Å²) in [5, 5.41) is 17.7. The van der Waals surface area contributed by atoms with E-state index >= 15 is 0 Å². The van der Waals surface area contributed by atoms with E-state index in [9.17, 15) is 5.11 Å². The number of aromatic amines is 2.